The first-order chi connectivity index (χ1) is 7.66. The zero-order valence-electron chi connectivity index (χ0n) is 10.8. The summed E-state index contributed by atoms with van der Waals surface area (Å²) in [5.74, 6) is 0. The van der Waals surface area contributed by atoms with Gasteiger partial charge in [-0.25, -0.2) is 0 Å². The van der Waals surface area contributed by atoms with E-state index in [2.05, 4.69) is 38.2 Å². The second-order valence-corrected chi connectivity index (χ2v) is 4.46. The number of rotatable bonds is 6. The minimum absolute atomic E-state index is 0.796. The van der Waals surface area contributed by atoms with E-state index in [0.717, 1.165) is 26.1 Å². The first-order valence-corrected chi connectivity index (χ1v) is 6.13. The standard InChI is InChI=1S/C14H24N2/c1-11-6-7-14(13(3)12(11)2)10-16-9-5-4-8-15/h6-7,16H,4-5,8-10,15H2,1-3H3. The number of nitrogens with two attached hydrogens (primary N) is 1. The van der Waals surface area contributed by atoms with Crippen molar-refractivity contribution in [1.29, 1.82) is 0 Å². The molecule has 0 heterocycles. The van der Waals surface area contributed by atoms with E-state index in [1.54, 1.807) is 0 Å². The van der Waals surface area contributed by atoms with Gasteiger partial charge in [-0.2, -0.15) is 0 Å². The van der Waals surface area contributed by atoms with Crippen LogP contribution in [0.4, 0.5) is 0 Å². The molecule has 0 saturated carbocycles. The van der Waals surface area contributed by atoms with Crippen LogP contribution in [0.5, 0.6) is 0 Å². The molecule has 0 radical (unpaired) electrons. The Balaban J connectivity index is 2.45. The van der Waals surface area contributed by atoms with E-state index in [1.807, 2.05) is 0 Å². The van der Waals surface area contributed by atoms with Gasteiger partial charge < -0.3 is 11.1 Å². The normalized spacial score (nSPS) is 10.8. The summed E-state index contributed by atoms with van der Waals surface area (Å²) in [5.41, 5.74) is 11.1. The lowest BCUT2D eigenvalue weighted by atomic mass is 9.99. The van der Waals surface area contributed by atoms with Gasteiger partial charge in [0.05, 0.1) is 0 Å². The number of aryl methyl sites for hydroxylation is 1. The summed E-state index contributed by atoms with van der Waals surface area (Å²) in [5, 5.41) is 3.47. The van der Waals surface area contributed by atoms with Crippen molar-refractivity contribution in [3.63, 3.8) is 0 Å². The highest BCUT2D eigenvalue weighted by atomic mass is 14.8. The molecular formula is C14H24N2. The first kappa shape index (κ1) is 13.2. The number of hydrogen-bond donors (Lipinski definition) is 2. The third-order valence-corrected chi connectivity index (χ3v) is 3.29. The van der Waals surface area contributed by atoms with Gasteiger partial charge in [0.2, 0.25) is 0 Å². The zero-order chi connectivity index (χ0) is 12.0. The summed E-state index contributed by atoms with van der Waals surface area (Å²) < 4.78 is 0. The summed E-state index contributed by atoms with van der Waals surface area (Å²) in [4.78, 5) is 0. The second-order valence-electron chi connectivity index (χ2n) is 4.46. The molecule has 3 N–H and O–H groups in total. The van der Waals surface area contributed by atoms with Gasteiger partial charge in [0.15, 0.2) is 0 Å². The van der Waals surface area contributed by atoms with Crippen molar-refractivity contribution in [2.24, 2.45) is 5.73 Å². The average Bonchev–Trinajstić information content (AvgIpc) is 2.28. The Labute approximate surface area is 99.2 Å². The number of nitrogens with one attached hydrogen (secondary N) is 1. The predicted octanol–water partition coefficient (Wildman–Crippen LogP) is 2.44. The molecule has 0 aromatic heterocycles. The molecule has 0 atom stereocenters. The van der Waals surface area contributed by atoms with Gasteiger partial charge >= 0.3 is 0 Å². The van der Waals surface area contributed by atoms with Crippen LogP contribution in [-0.4, -0.2) is 13.1 Å². The van der Waals surface area contributed by atoms with E-state index in [1.165, 1.54) is 28.7 Å². The lowest BCUT2D eigenvalue weighted by Crippen LogP contribution is -2.16. The third kappa shape index (κ3) is 3.62. The van der Waals surface area contributed by atoms with Crippen molar-refractivity contribution in [2.75, 3.05) is 13.1 Å². The average molecular weight is 220 g/mol. The first-order valence-electron chi connectivity index (χ1n) is 6.13. The molecule has 2 heteroatoms. The fourth-order valence-electron chi connectivity index (χ4n) is 1.82. The van der Waals surface area contributed by atoms with Crippen LogP contribution in [0.2, 0.25) is 0 Å². The van der Waals surface area contributed by atoms with Gasteiger partial charge in [-0.15, -0.1) is 0 Å². The maximum Gasteiger partial charge on any atom is 0.0208 e. The Morgan fingerprint density at radius 3 is 2.50 bits per heavy atom. The fraction of sp³-hybridized carbons (Fsp3) is 0.571. The Bertz CT molecular complexity index is 332. The lowest BCUT2D eigenvalue weighted by Gasteiger charge is -2.12. The fourth-order valence-corrected chi connectivity index (χ4v) is 1.82. The molecule has 0 aliphatic rings. The topological polar surface area (TPSA) is 38.0 Å². The van der Waals surface area contributed by atoms with Crippen molar-refractivity contribution in [3.8, 4) is 0 Å². The molecule has 1 aromatic rings. The summed E-state index contributed by atoms with van der Waals surface area (Å²) in [6, 6.07) is 4.44. The highest BCUT2D eigenvalue weighted by molar-refractivity contribution is 5.38. The number of unbranched alkanes of at least 4 members (excludes halogenated alkanes) is 1. The molecule has 0 bridgehead atoms. The molecule has 0 unspecified atom stereocenters. The van der Waals surface area contributed by atoms with Crippen molar-refractivity contribution in [2.45, 2.75) is 40.2 Å². The molecular weight excluding hydrogens is 196 g/mol. The van der Waals surface area contributed by atoms with E-state index < -0.39 is 0 Å². The molecule has 0 saturated heterocycles. The number of hydrogen-bond acceptors (Lipinski definition) is 2. The molecule has 0 aliphatic carbocycles. The molecule has 1 aromatic carbocycles. The van der Waals surface area contributed by atoms with Crippen molar-refractivity contribution < 1.29 is 0 Å². The molecule has 0 aliphatic heterocycles. The summed E-state index contributed by atoms with van der Waals surface area (Å²) in [6.07, 6.45) is 2.28. The predicted molar refractivity (Wildman–Crippen MR) is 70.6 cm³/mol. The van der Waals surface area contributed by atoms with Crippen LogP contribution in [0, 0.1) is 20.8 Å². The van der Waals surface area contributed by atoms with E-state index in [-0.39, 0.29) is 0 Å². The smallest absolute Gasteiger partial charge is 0.0208 e. The second kappa shape index (κ2) is 6.66. The van der Waals surface area contributed by atoms with Crippen LogP contribution in [0.15, 0.2) is 12.1 Å². The van der Waals surface area contributed by atoms with Crippen LogP contribution >= 0.6 is 0 Å². The van der Waals surface area contributed by atoms with Crippen LogP contribution in [0.25, 0.3) is 0 Å². The molecule has 0 amide bonds. The Kier molecular flexibility index (Phi) is 5.50. The van der Waals surface area contributed by atoms with Crippen LogP contribution in [-0.2, 0) is 6.54 Å². The van der Waals surface area contributed by atoms with Gasteiger partial charge in [-0.05, 0) is 69.0 Å². The number of benzene rings is 1. The summed E-state index contributed by atoms with van der Waals surface area (Å²) >= 11 is 0. The van der Waals surface area contributed by atoms with E-state index in [9.17, 15) is 0 Å². The Hall–Kier alpha value is -0.860. The highest BCUT2D eigenvalue weighted by Gasteiger charge is 2.02. The minimum Gasteiger partial charge on any atom is -0.330 e. The molecule has 90 valence electrons. The molecule has 0 spiro atoms. The van der Waals surface area contributed by atoms with Gasteiger partial charge in [-0.3, -0.25) is 0 Å². The quantitative estimate of drug-likeness (QED) is 0.723. The summed E-state index contributed by atoms with van der Waals surface area (Å²) in [7, 11) is 0. The maximum atomic E-state index is 5.45. The van der Waals surface area contributed by atoms with E-state index in [4.69, 9.17) is 5.73 Å². The van der Waals surface area contributed by atoms with Crippen LogP contribution in [0.3, 0.4) is 0 Å². The van der Waals surface area contributed by atoms with Gasteiger partial charge in [0, 0.05) is 6.54 Å². The largest absolute Gasteiger partial charge is 0.330 e. The minimum atomic E-state index is 0.796. The molecule has 1 rings (SSSR count). The van der Waals surface area contributed by atoms with Crippen molar-refractivity contribution >= 4 is 0 Å². The highest BCUT2D eigenvalue weighted by Crippen LogP contribution is 2.16. The van der Waals surface area contributed by atoms with E-state index in [0.29, 0.717) is 0 Å². The SMILES string of the molecule is Cc1ccc(CNCCCCN)c(C)c1C. The zero-order valence-corrected chi connectivity index (χ0v) is 10.8. The lowest BCUT2D eigenvalue weighted by molar-refractivity contribution is 0.626. The third-order valence-electron chi connectivity index (χ3n) is 3.29. The van der Waals surface area contributed by atoms with Gasteiger partial charge in [0.25, 0.3) is 0 Å². The molecule has 16 heavy (non-hydrogen) atoms. The van der Waals surface area contributed by atoms with Crippen LogP contribution in [0.1, 0.15) is 35.1 Å². The molecule has 0 fully saturated rings. The van der Waals surface area contributed by atoms with Crippen molar-refractivity contribution in [1.82, 2.24) is 5.32 Å². The molecule has 2 nitrogen and oxygen atoms in total. The monoisotopic (exact) mass is 220 g/mol. The maximum absolute atomic E-state index is 5.45. The summed E-state index contributed by atoms with van der Waals surface area (Å²) in [6.45, 7) is 9.40. The van der Waals surface area contributed by atoms with E-state index >= 15 is 0 Å². The van der Waals surface area contributed by atoms with Crippen LogP contribution < -0.4 is 11.1 Å². The van der Waals surface area contributed by atoms with Gasteiger partial charge in [0.1, 0.15) is 0 Å². The Morgan fingerprint density at radius 2 is 1.81 bits per heavy atom. The van der Waals surface area contributed by atoms with Gasteiger partial charge in [-0.1, -0.05) is 12.1 Å². The Morgan fingerprint density at radius 1 is 1.06 bits per heavy atom. The van der Waals surface area contributed by atoms with Crippen molar-refractivity contribution in [3.05, 3.63) is 34.4 Å².